The second kappa shape index (κ2) is 7.08. The number of rotatable bonds is 6. The molecule has 2 heteroatoms. The molecule has 3 rings (SSSR count). The molecular formula is C20H23N2+. The minimum atomic E-state index is 0.451. The third kappa shape index (κ3) is 3.64. The average molecular weight is 291 g/mol. The Balaban J connectivity index is 1.81. The van der Waals surface area contributed by atoms with Crippen LogP contribution in [-0.2, 0) is 12.8 Å². The first kappa shape index (κ1) is 14.6. The van der Waals surface area contributed by atoms with E-state index in [1.54, 1.807) is 0 Å². The Morgan fingerprint density at radius 1 is 0.864 bits per heavy atom. The molecule has 0 bridgehead atoms. The molecule has 2 nitrogen and oxygen atoms in total. The van der Waals surface area contributed by atoms with Gasteiger partial charge in [-0.05, 0) is 30.9 Å². The molecule has 0 saturated heterocycles. The molecule has 1 unspecified atom stereocenters. The number of hydrogen-bond donors (Lipinski definition) is 1. The summed E-state index contributed by atoms with van der Waals surface area (Å²) in [4.78, 5) is 3.16. The van der Waals surface area contributed by atoms with Crippen molar-refractivity contribution in [2.45, 2.75) is 25.8 Å². The van der Waals surface area contributed by atoms with Gasteiger partial charge in [0.05, 0.1) is 0 Å². The number of benzene rings is 2. The first-order valence-corrected chi connectivity index (χ1v) is 7.94. The van der Waals surface area contributed by atoms with Gasteiger partial charge in [-0.15, -0.1) is 0 Å². The van der Waals surface area contributed by atoms with E-state index < -0.39 is 0 Å². The van der Waals surface area contributed by atoms with Crippen molar-refractivity contribution in [2.75, 3.05) is 0 Å². The molecule has 3 aromatic rings. The molecule has 2 aromatic carbocycles. The lowest BCUT2D eigenvalue weighted by Crippen LogP contribution is -2.41. The molecule has 0 aliphatic rings. The van der Waals surface area contributed by atoms with Crippen LogP contribution in [0.3, 0.4) is 0 Å². The Bertz CT molecular complexity index is 618. The van der Waals surface area contributed by atoms with Gasteiger partial charge in [0.1, 0.15) is 18.4 Å². The lowest BCUT2D eigenvalue weighted by atomic mass is 9.87. The van der Waals surface area contributed by atoms with Crippen LogP contribution in [0, 0.1) is 5.92 Å². The van der Waals surface area contributed by atoms with Gasteiger partial charge in [-0.2, -0.15) is 0 Å². The summed E-state index contributed by atoms with van der Waals surface area (Å²) in [5, 5.41) is 0. The van der Waals surface area contributed by atoms with E-state index in [0.717, 1.165) is 12.8 Å². The van der Waals surface area contributed by atoms with Crippen LogP contribution in [-0.4, -0.2) is 4.98 Å². The van der Waals surface area contributed by atoms with E-state index in [4.69, 9.17) is 0 Å². The minimum Gasteiger partial charge on any atom is -0.250 e. The summed E-state index contributed by atoms with van der Waals surface area (Å²) in [7, 11) is 0. The van der Waals surface area contributed by atoms with E-state index in [0.29, 0.717) is 12.0 Å². The molecule has 0 radical (unpaired) electrons. The van der Waals surface area contributed by atoms with Gasteiger partial charge in [0.15, 0.2) is 0 Å². The molecular weight excluding hydrogens is 268 g/mol. The fourth-order valence-electron chi connectivity index (χ4n) is 3.04. The van der Waals surface area contributed by atoms with Crippen molar-refractivity contribution in [3.05, 3.63) is 90.5 Å². The Hall–Kier alpha value is -2.35. The molecule has 0 amide bonds. The van der Waals surface area contributed by atoms with E-state index in [9.17, 15) is 0 Å². The zero-order valence-electron chi connectivity index (χ0n) is 13.0. The molecule has 112 valence electrons. The van der Waals surface area contributed by atoms with Gasteiger partial charge in [-0.3, -0.25) is 4.98 Å². The summed E-state index contributed by atoms with van der Waals surface area (Å²) in [5.74, 6) is 0.561. The van der Waals surface area contributed by atoms with Crippen molar-refractivity contribution in [1.82, 2.24) is 4.98 Å². The van der Waals surface area contributed by atoms with Gasteiger partial charge >= 0.3 is 0 Å². The summed E-state index contributed by atoms with van der Waals surface area (Å²) < 4.78 is 2.27. The Morgan fingerprint density at radius 3 is 1.86 bits per heavy atom. The van der Waals surface area contributed by atoms with Crippen molar-refractivity contribution in [3.63, 3.8) is 0 Å². The maximum absolute atomic E-state index is 3.16. The van der Waals surface area contributed by atoms with E-state index in [-0.39, 0.29) is 0 Å². The topological polar surface area (TPSA) is 19.7 Å². The van der Waals surface area contributed by atoms with E-state index >= 15 is 0 Å². The molecule has 0 aliphatic heterocycles. The lowest BCUT2D eigenvalue weighted by Gasteiger charge is -2.22. The quantitative estimate of drug-likeness (QED) is 0.663. The van der Waals surface area contributed by atoms with Gasteiger partial charge in [-0.1, -0.05) is 60.7 Å². The second-order valence-corrected chi connectivity index (χ2v) is 5.94. The van der Waals surface area contributed by atoms with Gasteiger partial charge < -0.3 is 0 Å². The van der Waals surface area contributed by atoms with Crippen molar-refractivity contribution >= 4 is 0 Å². The summed E-state index contributed by atoms with van der Waals surface area (Å²) in [5.41, 5.74) is 2.82. The number of aromatic nitrogens is 2. The van der Waals surface area contributed by atoms with Gasteiger partial charge in [0, 0.05) is 5.92 Å². The highest BCUT2D eigenvalue weighted by molar-refractivity contribution is 5.18. The SMILES string of the molecule is CC(C(Cc1ccccc1)Cc1ccccc1)[n+]1cc[nH]c1. The van der Waals surface area contributed by atoms with Crippen molar-refractivity contribution in [3.8, 4) is 0 Å². The smallest absolute Gasteiger partial charge is 0.241 e. The normalized spacial score (nSPS) is 12.5. The molecule has 1 aromatic heterocycles. The van der Waals surface area contributed by atoms with Crippen LogP contribution in [0.4, 0.5) is 0 Å². The lowest BCUT2D eigenvalue weighted by molar-refractivity contribution is -0.725. The number of aromatic amines is 1. The monoisotopic (exact) mass is 291 g/mol. The highest BCUT2D eigenvalue weighted by atomic mass is 15.0. The summed E-state index contributed by atoms with van der Waals surface area (Å²) >= 11 is 0. The Kier molecular flexibility index (Phi) is 4.69. The highest BCUT2D eigenvalue weighted by Gasteiger charge is 2.23. The molecule has 1 N–H and O–H groups in total. The number of nitrogens with zero attached hydrogens (tertiary/aromatic N) is 1. The molecule has 1 atom stereocenters. The first-order chi connectivity index (χ1) is 10.8. The highest BCUT2D eigenvalue weighted by Crippen LogP contribution is 2.22. The largest absolute Gasteiger partial charge is 0.250 e. The second-order valence-electron chi connectivity index (χ2n) is 5.94. The molecule has 0 saturated carbocycles. The number of hydrogen-bond acceptors (Lipinski definition) is 0. The van der Waals surface area contributed by atoms with Crippen LogP contribution >= 0.6 is 0 Å². The average Bonchev–Trinajstić information content (AvgIpc) is 3.10. The molecule has 0 spiro atoms. The van der Waals surface area contributed by atoms with Crippen LogP contribution in [0.25, 0.3) is 0 Å². The maximum atomic E-state index is 3.16. The Labute approximate surface area is 132 Å². The van der Waals surface area contributed by atoms with Crippen molar-refractivity contribution < 1.29 is 4.57 Å². The van der Waals surface area contributed by atoms with E-state index in [1.165, 1.54) is 11.1 Å². The zero-order chi connectivity index (χ0) is 15.2. The number of imidazole rings is 1. The first-order valence-electron chi connectivity index (χ1n) is 7.94. The molecule has 1 heterocycles. The third-order valence-corrected chi connectivity index (χ3v) is 4.40. The van der Waals surface area contributed by atoms with E-state index in [1.807, 2.05) is 12.5 Å². The van der Waals surface area contributed by atoms with Crippen LogP contribution in [0.5, 0.6) is 0 Å². The minimum absolute atomic E-state index is 0.451. The molecule has 0 fully saturated rings. The van der Waals surface area contributed by atoms with Gasteiger partial charge in [0.2, 0.25) is 6.33 Å². The fraction of sp³-hybridized carbons (Fsp3) is 0.250. The van der Waals surface area contributed by atoms with E-state index in [2.05, 4.69) is 83.3 Å². The van der Waals surface area contributed by atoms with Crippen LogP contribution in [0.2, 0.25) is 0 Å². The van der Waals surface area contributed by atoms with Crippen LogP contribution in [0.1, 0.15) is 24.1 Å². The number of nitrogens with one attached hydrogen (secondary N) is 1. The summed E-state index contributed by atoms with van der Waals surface area (Å²) in [6.45, 7) is 2.31. The maximum Gasteiger partial charge on any atom is 0.241 e. The van der Waals surface area contributed by atoms with Gasteiger partial charge in [0.25, 0.3) is 0 Å². The molecule has 0 aliphatic carbocycles. The summed E-state index contributed by atoms with van der Waals surface area (Å²) in [6, 6.07) is 22.0. The predicted octanol–water partition coefficient (Wildman–Crippen LogP) is 3.96. The van der Waals surface area contributed by atoms with Crippen LogP contribution in [0.15, 0.2) is 79.4 Å². The van der Waals surface area contributed by atoms with Crippen molar-refractivity contribution in [1.29, 1.82) is 0 Å². The summed E-state index contributed by atoms with van der Waals surface area (Å²) in [6.07, 6.45) is 8.34. The number of H-pyrrole nitrogens is 1. The zero-order valence-corrected chi connectivity index (χ0v) is 13.0. The fourth-order valence-corrected chi connectivity index (χ4v) is 3.04. The van der Waals surface area contributed by atoms with Crippen LogP contribution < -0.4 is 4.57 Å². The molecule has 22 heavy (non-hydrogen) atoms. The van der Waals surface area contributed by atoms with Crippen molar-refractivity contribution in [2.24, 2.45) is 5.92 Å². The third-order valence-electron chi connectivity index (χ3n) is 4.40. The van der Waals surface area contributed by atoms with Gasteiger partial charge in [-0.25, -0.2) is 4.57 Å². The standard InChI is InChI=1S/C20H22N2/c1-17(22-13-12-21-16-22)20(14-18-8-4-2-5-9-18)15-19-10-6-3-7-11-19/h2-13,16-17,20H,14-15H2,1H3/p+1. The predicted molar refractivity (Wildman–Crippen MR) is 89.5 cm³/mol. The Morgan fingerprint density at radius 2 is 1.41 bits per heavy atom.